The zero-order chi connectivity index (χ0) is 62.8. The molecule has 0 aromatic carbocycles. The van der Waals surface area contributed by atoms with E-state index in [-0.39, 0.29) is 12.5 Å². The minimum atomic E-state index is -1.57. The maximum absolute atomic E-state index is 13.2. The third kappa shape index (κ3) is 56.2. The smallest absolute Gasteiger partial charge is 0.220 e. The quantitative estimate of drug-likeness (QED) is 0.0261. The van der Waals surface area contributed by atoms with Gasteiger partial charge in [-0.05, 0) is 19.3 Å². The monoisotopic (exact) mass is 1230 g/mol. The molecule has 9 nitrogen and oxygen atoms in total. The van der Waals surface area contributed by atoms with E-state index in [1.165, 1.54) is 366 Å². The predicted molar refractivity (Wildman–Crippen MR) is 374 cm³/mol. The third-order valence-corrected chi connectivity index (χ3v) is 19.4. The molecule has 0 aromatic heterocycles. The van der Waals surface area contributed by atoms with Gasteiger partial charge in [0.15, 0.2) is 6.29 Å². The van der Waals surface area contributed by atoms with E-state index < -0.39 is 49.5 Å². The molecular formula is C78H153NO8. The topological polar surface area (TPSA) is 149 Å². The number of carbonyl (C=O) groups excluding carboxylic acids is 1. The van der Waals surface area contributed by atoms with Crippen LogP contribution in [0.4, 0.5) is 0 Å². The van der Waals surface area contributed by atoms with Gasteiger partial charge < -0.3 is 40.3 Å². The van der Waals surface area contributed by atoms with Crippen molar-refractivity contribution in [1.82, 2.24) is 5.32 Å². The van der Waals surface area contributed by atoms with Crippen LogP contribution in [-0.4, -0.2) is 87.5 Å². The average molecular weight is 1230 g/mol. The molecule has 6 N–H and O–H groups in total. The van der Waals surface area contributed by atoms with Gasteiger partial charge in [-0.2, -0.15) is 0 Å². The summed E-state index contributed by atoms with van der Waals surface area (Å²) in [5.74, 6) is -0.166. The van der Waals surface area contributed by atoms with E-state index in [1.54, 1.807) is 6.08 Å². The van der Waals surface area contributed by atoms with Crippen molar-refractivity contribution in [2.45, 2.75) is 468 Å². The minimum Gasteiger partial charge on any atom is -0.394 e. The van der Waals surface area contributed by atoms with Crippen LogP contribution in [0.2, 0.25) is 0 Å². The average Bonchev–Trinajstić information content (AvgIpc) is 3.65. The molecule has 0 radical (unpaired) electrons. The van der Waals surface area contributed by atoms with Crippen molar-refractivity contribution >= 4 is 5.91 Å². The lowest BCUT2D eigenvalue weighted by atomic mass is 9.99. The highest BCUT2D eigenvalue weighted by molar-refractivity contribution is 5.76. The maximum Gasteiger partial charge on any atom is 0.220 e. The van der Waals surface area contributed by atoms with Crippen molar-refractivity contribution < 1.29 is 39.8 Å². The van der Waals surface area contributed by atoms with Crippen molar-refractivity contribution in [2.24, 2.45) is 0 Å². The molecule has 0 aliphatic carbocycles. The Balaban J connectivity index is 2.03. The van der Waals surface area contributed by atoms with Gasteiger partial charge in [-0.25, -0.2) is 0 Å². The van der Waals surface area contributed by atoms with Crippen LogP contribution in [0.1, 0.15) is 425 Å². The number of carbonyl (C=O) groups is 1. The second-order valence-corrected chi connectivity index (χ2v) is 27.9. The zero-order valence-electron chi connectivity index (χ0n) is 58.3. The number of allylic oxidation sites excluding steroid dienone is 1. The summed E-state index contributed by atoms with van der Waals surface area (Å²) < 4.78 is 11.3. The molecule has 0 bridgehead atoms. The Morgan fingerprint density at radius 2 is 0.632 bits per heavy atom. The second kappa shape index (κ2) is 67.8. The second-order valence-electron chi connectivity index (χ2n) is 27.9. The Morgan fingerprint density at radius 1 is 0.379 bits per heavy atom. The molecule has 1 heterocycles. The summed E-state index contributed by atoms with van der Waals surface area (Å²) in [4.78, 5) is 13.2. The van der Waals surface area contributed by atoms with Crippen molar-refractivity contribution in [3.8, 4) is 0 Å². The molecule has 7 unspecified atom stereocenters. The fourth-order valence-electron chi connectivity index (χ4n) is 13.2. The Hall–Kier alpha value is -1.07. The molecule has 1 aliphatic heterocycles. The summed E-state index contributed by atoms with van der Waals surface area (Å²) in [6.45, 7) is 3.85. The van der Waals surface area contributed by atoms with Gasteiger partial charge in [0, 0.05) is 6.42 Å². The minimum absolute atomic E-state index is 0.166. The van der Waals surface area contributed by atoms with E-state index in [4.69, 9.17) is 9.47 Å². The molecule has 7 atom stereocenters. The summed E-state index contributed by atoms with van der Waals surface area (Å²) >= 11 is 0. The molecule has 1 rings (SSSR count). The van der Waals surface area contributed by atoms with Gasteiger partial charge >= 0.3 is 0 Å². The van der Waals surface area contributed by atoms with Crippen LogP contribution in [0.3, 0.4) is 0 Å². The van der Waals surface area contributed by atoms with Crippen LogP contribution in [-0.2, 0) is 14.3 Å². The Morgan fingerprint density at radius 3 is 0.897 bits per heavy atom. The fourth-order valence-corrected chi connectivity index (χ4v) is 13.2. The normalized spacial score (nSPS) is 17.9. The van der Waals surface area contributed by atoms with Crippen LogP contribution in [0.25, 0.3) is 0 Å². The largest absolute Gasteiger partial charge is 0.394 e. The summed E-state index contributed by atoms with van der Waals surface area (Å²) in [5.41, 5.74) is 0. The van der Waals surface area contributed by atoms with Gasteiger partial charge in [-0.1, -0.05) is 411 Å². The zero-order valence-corrected chi connectivity index (χ0v) is 58.3. The molecule has 1 fully saturated rings. The van der Waals surface area contributed by atoms with E-state index in [9.17, 15) is 30.3 Å². The first-order valence-corrected chi connectivity index (χ1v) is 39.4. The highest BCUT2D eigenvalue weighted by atomic mass is 16.7. The first-order chi connectivity index (χ1) is 42.8. The third-order valence-electron chi connectivity index (χ3n) is 19.4. The molecule has 1 saturated heterocycles. The number of aliphatic hydroxyl groups is 5. The van der Waals surface area contributed by atoms with Gasteiger partial charge in [0.1, 0.15) is 24.4 Å². The van der Waals surface area contributed by atoms with E-state index in [0.717, 1.165) is 38.5 Å². The van der Waals surface area contributed by atoms with Crippen molar-refractivity contribution in [2.75, 3.05) is 13.2 Å². The van der Waals surface area contributed by atoms with E-state index in [2.05, 4.69) is 19.2 Å². The molecular weight excluding hydrogens is 1080 g/mol. The van der Waals surface area contributed by atoms with Crippen LogP contribution >= 0.6 is 0 Å². The van der Waals surface area contributed by atoms with Gasteiger partial charge in [0.2, 0.25) is 5.91 Å². The number of ether oxygens (including phenoxy) is 2. The van der Waals surface area contributed by atoms with Gasteiger partial charge in [-0.15, -0.1) is 0 Å². The molecule has 0 spiro atoms. The van der Waals surface area contributed by atoms with Crippen LogP contribution in [0, 0.1) is 0 Å². The van der Waals surface area contributed by atoms with Gasteiger partial charge in [-0.3, -0.25) is 4.79 Å². The Labute approximate surface area is 541 Å². The van der Waals surface area contributed by atoms with Crippen LogP contribution < -0.4 is 5.32 Å². The molecule has 1 amide bonds. The summed E-state index contributed by atoms with van der Waals surface area (Å²) in [7, 11) is 0. The lowest BCUT2D eigenvalue weighted by Gasteiger charge is -2.40. The predicted octanol–water partition coefficient (Wildman–Crippen LogP) is 22.2. The van der Waals surface area contributed by atoms with Gasteiger partial charge in [0.05, 0.1) is 25.4 Å². The van der Waals surface area contributed by atoms with Gasteiger partial charge in [0.25, 0.3) is 0 Å². The first kappa shape index (κ1) is 83.9. The molecule has 1 aliphatic rings. The molecule has 0 saturated carbocycles. The van der Waals surface area contributed by atoms with Crippen molar-refractivity contribution in [1.29, 1.82) is 0 Å². The summed E-state index contributed by atoms with van der Waals surface area (Å²) in [6.07, 6.45) is 82.2. The van der Waals surface area contributed by atoms with E-state index >= 15 is 0 Å². The van der Waals surface area contributed by atoms with E-state index in [1.807, 2.05) is 6.08 Å². The maximum atomic E-state index is 13.2. The number of hydrogen-bond acceptors (Lipinski definition) is 8. The Bertz CT molecular complexity index is 1380. The highest BCUT2D eigenvalue weighted by Crippen LogP contribution is 2.24. The number of rotatable bonds is 71. The number of amides is 1. The van der Waals surface area contributed by atoms with Crippen molar-refractivity contribution in [3.05, 3.63) is 12.2 Å². The standard InChI is InChI=1S/C78H153NO8/c1-3-5-7-9-11-13-15-17-19-21-23-25-27-29-30-31-32-33-34-35-36-37-38-39-40-41-42-44-46-48-50-52-54-56-58-60-62-64-66-68-74(82)79-71(70-86-78-77(85)76(84)75(83)73(69-80)87-78)72(81)67-65-63-61-59-57-55-53-51-49-47-45-43-28-26-24-22-20-18-16-14-12-10-8-6-4-2/h65,67,71-73,75-78,80-81,83-85H,3-64,66,68-70H2,1-2H3,(H,79,82)/b67-65+. The van der Waals surface area contributed by atoms with Crippen LogP contribution in [0.5, 0.6) is 0 Å². The summed E-state index contributed by atoms with van der Waals surface area (Å²) in [6, 6.07) is -0.803. The highest BCUT2D eigenvalue weighted by Gasteiger charge is 2.44. The number of unbranched alkanes of at least 4 members (excludes halogenated alkanes) is 61. The number of aliphatic hydroxyl groups excluding tert-OH is 5. The van der Waals surface area contributed by atoms with E-state index in [0.29, 0.717) is 6.42 Å². The molecule has 0 aromatic rings. The Kier molecular flexibility index (Phi) is 65.4. The SMILES string of the molecule is CCCCCCCCCCCCCCCCCCCCCCCCC/C=C/C(O)C(COC1OC(CO)C(O)C(O)C1O)NC(=O)CCCCCCCCCCCCCCCCCCCCCCCCCCCCCCCCCCCCCCCCC. The molecule has 9 heteroatoms. The first-order valence-electron chi connectivity index (χ1n) is 39.4. The summed E-state index contributed by atoms with van der Waals surface area (Å²) in [5, 5.41) is 54.9. The van der Waals surface area contributed by atoms with Crippen molar-refractivity contribution in [3.63, 3.8) is 0 Å². The molecule has 518 valence electrons. The number of hydrogen-bond donors (Lipinski definition) is 6. The fraction of sp³-hybridized carbons (Fsp3) is 0.962. The van der Waals surface area contributed by atoms with Crippen LogP contribution in [0.15, 0.2) is 12.2 Å². The molecule has 87 heavy (non-hydrogen) atoms. The lowest BCUT2D eigenvalue weighted by Crippen LogP contribution is -2.60. The number of nitrogens with one attached hydrogen (secondary N) is 1. The lowest BCUT2D eigenvalue weighted by molar-refractivity contribution is -0.302.